The van der Waals surface area contributed by atoms with Gasteiger partial charge in [0.05, 0.1) is 17.8 Å². The smallest absolute Gasteiger partial charge is 0.337 e. The number of hydrogen-bond acceptors (Lipinski definition) is 5. The summed E-state index contributed by atoms with van der Waals surface area (Å²) in [4.78, 5) is 17.1. The van der Waals surface area contributed by atoms with E-state index in [1.807, 2.05) is 29.2 Å². The number of carboxylic acid groups (broad SMARTS) is 1. The zero-order chi connectivity index (χ0) is 14.8. The highest BCUT2D eigenvalue weighted by Gasteiger charge is 2.19. The molecule has 1 aromatic heterocycles. The van der Waals surface area contributed by atoms with Gasteiger partial charge in [0, 0.05) is 18.3 Å². The SMILES string of the molecule is Nc1cc(C(=O)O)cnc1N1CCOc2ccccc2C1. The Balaban J connectivity index is 1.92. The van der Waals surface area contributed by atoms with E-state index in [-0.39, 0.29) is 5.56 Å². The highest BCUT2D eigenvalue weighted by atomic mass is 16.5. The molecule has 21 heavy (non-hydrogen) atoms. The van der Waals surface area contributed by atoms with E-state index in [9.17, 15) is 4.79 Å². The molecule has 0 unspecified atom stereocenters. The van der Waals surface area contributed by atoms with Crippen LogP contribution in [0.4, 0.5) is 11.5 Å². The molecule has 0 atom stereocenters. The molecule has 0 amide bonds. The summed E-state index contributed by atoms with van der Waals surface area (Å²) in [5.41, 5.74) is 7.45. The molecule has 3 N–H and O–H groups in total. The molecule has 2 aromatic rings. The molecular formula is C15H15N3O3. The van der Waals surface area contributed by atoms with Gasteiger partial charge in [0.1, 0.15) is 12.4 Å². The predicted molar refractivity (Wildman–Crippen MR) is 78.6 cm³/mol. The van der Waals surface area contributed by atoms with Crippen molar-refractivity contribution >= 4 is 17.5 Å². The Kier molecular flexibility index (Phi) is 3.35. The van der Waals surface area contributed by atoms with Crippen LogP contribution in [0.25, 0.3) is 0 Å². The number of nitrogens with two attached hydrogens (primary N) is 1. The minimum atomic E-state index is -1.04. The monoisotopic (exact) mass is 285 g/mol. The minimum absolute atomic E-state index is 0.0859. The van der Waals surface area contributed by atoms with E-state index >= 15 is 0 Å². The maximum absolute atomic E-state index is 10.9. The van der Waals surface area contributed by atoms with Crippen molar-refractivity contribution in [3.8, 4) is 5.75 Å². The van der Waals surface area contributed by atoms with Gasteiger partial charge in [-0.15, -0.1) is 0 Å². The fraction of sp³-hybridized carbons (Fsp3) is 0.200. The number of pyridine rings is 1. The lowest BCUT2D eigenvalue weighted by Gasteiger charge is -2.22. The lowest BCUT2D eigenvalue weighted by atomic mass is 10.2. The van der Waals surface area contributed by atoms with Crippen molar-refractivity contribution in [1.29, 1.82) is 0 Å². The number of rotatable bonds is 2. The van der Waals surface area contributed by atoms with Crippen LogP contribution in [0.3, 0.4) is 0 Å². The Morgan fingerprint density at radius 1 is 1.38 bits per heavy atom. The third-order valence-corrected chi connectivity index (χ3v) is 3.39. The topological polar surface area (TPSA) is 88.7 Å². The fourth-order valence-corrected chi connectivity index (χ4v) is 2.36. The third kappa shape index (κ3) is 2.60. The van der Waals surface area contributed by atoms with Crippen LogP contribution < -0.4 is 15.4 Å². The molecule has 1 aliphatic heterocycles. The second-order valence-corrected chi connectivity index (χ2v) is 4.82. The lowest BCUT2D eigenvalue weighted by molar-refractivity contribution is 0.0696. The molecule has 0 spiro atoms. The largest absolute Gasteiger partial charge is 0.491 e. The van der Waals surface area contributed by atoms with Crippen molar-refractivity contribution in [2.24, 2.45) is 0 Å². The van der Waals surface area contributed by atoms with Crippen LogP contribution in [0.1, 0.15) is 15.9 Å². The first-order chi connectivity index (χ1) is 10.1. The molecule has 6 heteroatoms. The molecule has 6 nitrogen and oxygen atoms in total. The Hall–Kier alpha value is -2.76. The van der Waals surface area contributed by atoms with Crippen molar-refractivity contribution < 1.29 is 14.6 Å². The molecule has 1 aliphatic rings. The zero-order valence-electron chi connectivity index (χ0n) is 11.3. The van der Waals surface area contributed by atoms with Gasteiger partial charge in [-0.1, -0.05) is 18.2 Å². The molecule has 0 radical (unpaired) electrons. The second kappa shape index (κ2) is 5.32. The van der Waals surface area contributed by atoms with Gasteiger partial charge in [0.2, 0.25) is 0 Å². The fourth-order valence-electron chi connectivity index (χ4n) is 2.36. The van der Waals surface area contributed by atoms with Gasteiger partial charge in [0.25, 0.3) is 0 Å². The van der Waals surface area contributed by atoms with E-state index < -0.39 is 5.97 Å². The van der Waals surface area contributed by atoms with Gasteiger partial charge in [-0.25, -0.2) is 9.78 Å². The van der Waals surface area contributed by atoms with Crippen molar-refractivity contribution in [1.82, 2.24) is 4.98 Å². The van der Waals surface area contributed by atoms with Crippen molar-refractivity contribution in [3.05, 3.63) is 47.7 Å². The van der Waals surface area contributed by atoms with Gasteiger partial charge in [-0.3, -0.25) is 0 Å². The highest BCUT2D eigenvalue weighted by molar-refractivity contribution is 5.89. The first-order valence-electron chi connectivity index (χ1n) is 6.59. The van der Waals surface area contributed by atoms with Gasteiger partial charge in [-0.2, -0.15) is 0 Å². The molecule has 0 aliphatic carbocycles. The number of aromatic carboxylic acids is 1. The van der Waals surface area contributed by atoms with Crippen LogP contribution >= 0.6 is 0 Å². The number of carbonyl (C=O) groups is 1. The molecular weight excluding hydrogens is 270 g/mol. The van der Waals surface area contributed by atoms with Crippen molar-refractivity contribution in [2.45, 2.75) is 6.54 Å². The van der Waals surface area contributed by atoms with Crippen LogP contribution in [-0.2, 0) is 6.54 Å². The minimum Gasteiger partial charge on any atom is -0.491 e. The number of ether oxygens (including phenoxy) is 1. The number of anilines is 2. The summed E-state index contributed by atoms with van der Waals surface area (Å²) in [5, 5.41) is 8.96. The maximum Gasteiger partial charge on any atom is 0.337 e. The summed E-state index contributed by atoms with van der Waals surface area (Å²) in [5.74, 6) is 0.409. The molecule has 108 valence electrons. The number of benzene rings is 1. The quantitative estimate of drug-likeness (QED) is 0.874. The predicted octanol–water partition coefficient (Wildman–Crippen LogP) is 1.76. The van der Waals surface area contributed by atoms with Gasteiger partial charge < -0.3 is 20.5 Å². The summed E-state index contributed by atoms with van der Waals surface area (Å²) in [6, 6.07) is 9.25. The van der Waals surface area contributed by atoms with E-state index in [1.165, 1.54) is 12.3 Å². The molecule has 0 saturated heterocycles. The number of fused-ring (bicyclic) bond motifs is 1. The number of hydrogen-bond donors (Lipinski definition) is 2. The van der Waals surface area contributed by atoms with E-state index in [0.717, 1.165) is 11.3 Å². The number of para-hydroxylation sites is 1. The van der Waals surface area contributed by atoms with Crippen LogP contribution in [-0.4, -0.2) is 29.2 Å². The zero-order valence-corrected chi connectivity index (χ0v) is 11.3. The lowest BCUT2D eigenvalue weighted by Crippen LogP contribution is -2.27. The summed E-state index contributed by atoms with van der Waals surface area (Å²) >= 11 is 0. The normalized spacial score (nSPS) is 14.0. The average molecular weight is 285 g/mol. The van der Waals surface area contributed by atoms with Gasteiger partial charge in [-0.05, 0) is 12.1 Å². The molecule has 0 saturated carbocycles. The Bertz CT molecular complexity index is 688. The highest BCUT2D eigenvalue weighted by Crippen LogP contribution is 2.28. The molecule has 3 rings (SSSR count). The standard InChI is InChI=1S/C15H15N3O3/c16-12-7-11(15(19)20)8-17-14(12)18-5-6-21-13-4-2-1-3-10(13)9-18/h1-4,7-8H,5-6,9,16H2,(H,19,20). The number of nitrogen functional groups attached to an aromatic ring is 1. The first kappa shape index (κ1) is 13.2. The van der Waals surface area contributed by atoms with E-state index in [0.29, 0.717) is 31.2 Å². The molecule has 0 fully saturated rings. The van der Waals surface area contributed by atoms with Crippen LogP contribution in [0.5, 0.6) is 5.75 Å². The maximum atomic E-state index is 10.9. The van der Waals surface area contributed by atoms with Crippen LogP contribution in [0, 0.1) is 0 Å². The Morgan fingerprint density at radius 3 is 2.95 bits per heavy atom. The molecule has 2 heterocycles. The number of nitrogens with zero attached hydrogens (tertiary/aromatic N) is 2. The molecule has 1 aromatic carbocycles. The van der Waals surface area contributed by atoms with Gasteiger partial charge in [0.15, 0.2) is 5.82 Å². The molecule has 0 bridgehead atoms. The van der Waals surface area contributed by atoms with Crippen LogP contribution in [0.15, 0.2) is 36.5 Å². The summed E-state index contributed by atoms with van der Waals surface area (Å²) in [7, 11) is 0. The van der Waals surface area contributed by atoms with E-state index in [2.05, 4.69) is 4.98 Å². The van der Waals surface area contributed by atoms with Crippen molar-refractivity contribution in [3.63, 3.8) is 0 Å². The average Bonchev–Trinajstić information content (AvgIpc) is 2.69. The summed E-state index contributed by atoms with van der Waals surface area (Å²) in [6.07, 6.45) is 1.33. The van der Waals surface area contributed by atoms with Crippen LogP contribution in [0.2, 0.25) is 0 Å². The summed E-state index contributed by atoms with van der Waals surface area (Å²) < 4.78 is 5.70. The first-order valence-corrected chi connectivity index (χ1v) is 6.59. The Labute approximate surface area is 121 Å². The number of aromatic nitrogens is 1. The summed E-state index contributed by atoms with van der Waals surface area (Å²) in [6.45, 7) is 1.79. The van der Waals surface area contributed by atoms with Gasteiger partial charge >= 0.3 is 5.97 Å². The van der Waals surface area contributed by atoms with E-state index in [4.69, 9.17) is 15.6 Å². The second-order valence-electron chi connectivity index (χ2n) is 4.82. The van der Waals surface area contributed by atoms with E-state index in [1.54, 1.807) is 0 Å². The van der Waals surface area contributed by atoms with Crippen molar-refractivity contribution in [2.75, 3.05) is 23.8 Å². The third-order valence-electron chi connectivity index (χ3n) is 3.39. The Morgan fingerprint density at radius 2 is 2.19 bits per heavy atom. The number of carboxylic acids is 1.